The summed E-state index contributed by atoms with van der Waals surface area (Å²) >= 11 is 0. The maximum absolute atomic E-state index is 4.01. The van der Waals surface area contributed by atoms with E-state index in [0.29, 0.717) is 0 Å². The number of hydrogen-bond acceptors (Lipinski definition) is 0. The maximum Gasteiger partial charge on any atom is -0.0236 e. The van der Waals surface area contributed by atoms with E-state index in [1.807, 2.05) is 39.8 Å². The molecule has 0 heterocycles. The summed E-state index contributed by atoms with van der Waals surface area (Å²) < 4.78 is 0. The smallest absolute Gasteiger partial charge is 0.0236 e. The van der Waals surface area contributed by atoms with Crippen LogP contribution in [-0.4, -0.2) is 0 Å². The Hall–Kier alpha value is -1.30. The number of rotatable bonds is 3. The molecule has 0 spiro atoms. The van der Waals surface area contributed by atoms with Gasteiger partial charge in [-0.15, -0.1) is 0 Å². The van der Waals surface area contributed by atoms with E-state index in [4.69, 9.17) is 0 Å². The van der Waals surface area contributed by atoms with Gasteiger partial charge in [-0.2, -0.15) is 0 Å². The van der Waals surface area contributed by atoms with E-state index < -0.39 is 0 Å². The lowest BCUT2D eigenvalue weighted by Gasteiger charge is -2.11. The summed E-state index contributed by atoms with van der Waals surface area (Å²) in [6.07, 6.45) is 12.3. The summed E-state index contributed by atoms with van der Waals surface area (Å²) in [4.78, 5) is 0. The normalized spacial score (nSPS) is 13.5. The van der Waals surface area contributed by atoms with Crippen LogP contribution in [0.3, 0.4) is 0 Å². The molecule has 1 rings (SSSR count). The van der Waals surface area contributed by atoms with Crippen molar-refractivity contribution in [1.82, 2.24) is 0 Å². The Morgan fingerprint density at radius 2 is 1.71 bits per heavy atom. The summed E-state index contributed by atoms with van der Waals surface area (Å²) in [6, 6.07) is 0. The Labute approximate surface area is 108 Å². The summed E-state index contributed by atoms with van der Waals surface area (Å²) in [7, 11) is 0. The van der Waals surface area contributed by atoms with Crippen molar-refractivity contribution in [3.63, 3.8) is 0 Å². The lowest BCUT2D eigenvalue weighted by atomic mass is 9.94. The zero-order valence-electron chi connectivity index (χ0n) is 12.2. The highest BCUT2D eigenvalue weighted by atomic mass is 14.1. The van der Waals surface area contributed by atoms with Crippen molar-refractivity contribution in [2.45, 2.75) is 47.5 Å². The highest BCUT2D eigenvalue weighted by molar-refractivity contribution is 5.42. The molecule has 0 aromatic heterocycles. The van der Waals surface area contributed by atoms with Crippen molar-refractivity contribution < 1.29 is 0 Å². The van der Waals surface area contributed by atoms with Gasteiger partial charge in [-0.3, -0.25) is 0 Å². The third-order valence-corrected chi connectivity index (χ3v) is 2.20. The van der Waals surface area contributed by atoms with E-state index in [1.165, 1.54) is 11.1 Å². The van der Waals surface area contributed by atoms with E-state index in [9.17, 15) is 0 Å². The first-order valence-corrected chi connectivity index (χ1v) is 6.58. The Balaban J connectivity index is 0. The first-order valence-electron chi connectivity index (χ1n) is 6.58. The summed E-state index contributed by atoms with van der Waals surface area (Å²) in [5.41, 5.74) is 3.89. The van der Waals surface area contributed by atoms with Crippen LogP contribution in [0.4, 0.5) is 0 Å². The van der Waals surface area contributed by atoms with Gasteiger partial charge in [-0.25, -0.2) is 0 Å². The van der Waals surface area contributed by atoms with Crippen molar-refractivity contribution in [2.24, 2.45) is 0 Å². The Morgan fingerprint density at radius 3 is 2.12 bits per heavy atom. The quantitative estimate of drug-likeness (QED) is 0.523. The highest BCUT2D eigenvalue weighted by Crippen LogP contribution is 2.23. The minimum Gasteiger partial charge on any atom is -0.0991 e. The zero-order valence-corrected chi connectivity index (χ0v) is 12.2. The van der Waals surface area contributed by atoms with E-state index in [1.54, 1.807) is 6.08 Å². The average Bonchev–Trinajstić information content (AvgIpc) is 2.41. The summed E-state index contributed by atoms with van der Waals surface area (Å²) in [6.45, 7) is 17.8. The fourth-order valence-corrected chi connectivity index (χ4v) is 1.30. The minimum atomic E-state index is 1.10. The van der Waals surface area contributed by atoms with Gasteiger partial charge < -0.3 is 0 Å². The molecule has 17 heavy (non-hydrogen) atoms. The molecular formula is C17H28. The molecule has 0 fully saturated rings. The van der Waals surface area contributed by atoms with Gasteiger partial charge in [0.1, 0.15) is 0 Å². The second-order valence-electron chi connectivity index (χ2n) is 3.32. The molecule has 0 aliphatic heterocycles. The topological polar surface area (TPSA) is 0 Å². The molecular weight excluding hydrogens is 204 g/mol. The van der Waals surface area contributed by atoms with Gasteiger partial charge in [0.15, 0.2) is 0 Å². The van der Waals surface area contributed by atoms with E-state index in [-0.39, 0.29) is 0 Å². The lowest BCUT2D eigenvalue weighted by Crippen LogP contribution is -1.92. The third kappa shape index (κ3) is 8.50. The van der Waals surface area contributed by atoms with Crippen LogP contribution in [0.5, 0.6) is 0 Å². The molecule has 0 atom stereocenters. The summed E-state index contributed by atoms with van der Waals surface area (Å²) in [5, 5.41) is 0. The second kappa shape index (κ2) is 12.8. The molecule has 0 heteroatoms. The van der Waals surface area contributed by atoms with E-state index >= 15 is 0 Å². The van der Waals surface area contributed by atoms with Crippen molar-refractivity contribution >= 4 is 0 Å². The Bertz CT molecular complexity index is 298. The highest BCUT2D eigenvalue weighted by Gasteiger charge is 2.03. The van der Waals surface area contributed by atoms with Gasteiger partial charge >= 0.3 is 0 Å². The van der Waals surface area contributed by atoms with Crippen LogP contribution in [-0.2, 0) is 0 Å². The molecule has 0 saturated heterocycles. The van der Waals surface area contributed by atoms with Crippen molar-refractivity contribution in [1.29, 1.82) is 0 Å². The van der Waals surface area contributed by atoms with Gasteiger partial charge in [-0.1, -0.05) is 76.8 Å². The van der Waals surface area contributed by atoms with Gasteiger partial charge in [-0.05, 0) is 30.9 Å². The van der Waals surface area contributed by atoms with Crippen molar-refractivity contribution in [3.05, 3.63) is 60.3 Å². The zero-order chi connectivity index (χ0) is 13.7. The lowest BCUT2D eigenvalue weighted by molar-refractivity contribution is 0.919. The molecule has 0 nitrogen and oxygen atoms in total. The Morgan fingerprint density at radius 1 is 1.12 bits per heavy atom. The first-order chi connectivity index (χ1) is 8.24. The van der Waals surface area contributed by atoms with Crippen LogP contribution in [0, 0.1) is 0 Å². The molecule has 0 amide bonds. The predicted octanol–water partition coefficient (Wildman–Crippen LogP) is 6.00. The largest absolute Gasteiger partial charge is 0.0991 e. The van der Waals surface area contributed by atoms with Crippen LogP contribution in [0.25, 0.3) is 0 Å². The standard InChI is InChI=1S/C13H16.2C2H6/c1-4-5-6-12(3)13-9-7-11(2)8-10-13;2*1-2/h4-7,9H,1,3,8,10H2,2H3;2*1-2H3/b6-5-;;. The predicted molar refractivity (Wildman–Crippen MR) is 82.2 cm³/mol. The number of allylic oxidation sites excluding steroid dienone is 8. The minimum absolute atomic E-state index is 1.10. The molecule has 96 valence electrons. The van der Waals surface area contributed by atoms with E-state index in [2.05, 4.69) is 32.2 Å². The Kier molecular flexibility index (Phi) is 13.6. The molecule has 1 aliphatic carbocycles. The van der Waals surface area contributed by atoms with Crippen molar-refractivity contribution in [2.75, 3.05) is 0 Å². The maximum atomic E-state index is 4.01. The fraction of sp³-hybridized carbons (Fsp3) is 0.412. The molecule has 0 radical (unpaired) electrons. The molecule has 0 N–H and O–H groups in total. The monoisotopic (exact) mass is 232 g/mol. The van der Waals surface area contributed by atoms with E-state index in [0.717, 1.165) is 18.4 Å². The third-order valence-electron chi connectivity index (χ3n) is 2.20. The van der Waals surface area contributed by atoms with Gasteiger partial charge in [0.2, 0.25) is 0 Å². The first kappa shape index (κ1) is 18.1. The molecule has 0 aromatic rings. The summed E-state index contributed by atoms with van der Waals surface area (Å²) in [5.74, 6) is 0. The van der Waals surface area contributed by atoms with Gasteiger partial charge in [0.05, 0.1) is 0 Å². The second-order valence-corrected chi connectivity index (χ2v) is 3.32. The van der Waals surface area contributed by atoms with Crippen LogP contribution >= 0.6 is 0 Å². The SMILES string of the molecule is C=C/C=C\C(=C)C1=CC=C(C)CC1.CC.CC. The van der Waals surface area contributed by atoms with Crippen LogP contribution in [0.15, 0.2) is 60.3 Å². The molecule has 0 unspecified atom stereocenters. The molecule has 1 aliphatic rings. The van der Waals surface area contributed by atoms with Gasteiger partial charge in [0.25, 0.3) is 0 Å². The molecule has 0 aromatic carbocycles. The van der Waals surface area contributed by atoms with Crippen LogP contribution in [0.1, 0.15) is 47.5 Å². The van der Waals surface area contributed by atoms with Crippen LogP contribution in [0.2, 0.25) is 0 Å². The molecule has 0 saturated carbocycles. The number of hydrogen-bond donors (Lipinski definition) is 0. The van der Waals surface area contributed by atoms with Gasteiger partial charge in [0, 0.05) is 0 Å². The average molecular weight is 232 g/mol. The molecule has 0 bridgehead atoms. The van der Waals surface area contributed by atoms with Crippen molar-refractivity contribution in [3.8, 4) is 0 Å². The fourth-order valence-electron chi connectivity index (χ4n) is 1.30. The van der Waals surface area contributed by atoms with Crippen LogP contribution < -0.4 is 0 Å².